The van der Waals surface area contributed by atoms with Gasteiger partial charge in [0.2, 0.25) is 0 Å². The molecule has 0 aliphatic heterocycles. The van der Waals surface area contributed by atoms with E-state index >= 15 is 0 Å². The minimum absolute atomic E-state index is 0.811. The monoisotopic (exact) mass is 400 g/mol. The predicted molar refractivity (Wildman–Crippen MR) is 125 cm³/mol. The molecule has 0 N–H and O–H groups in total. The second kappa shape index (κ2) is 8.59. The van der Waals surface area contributed by atoms with Crippen LogP contribution in [0.4, 0.5) is 17.2 Å². The first-order chi connectivity index (χ1) is 15.4. The summed E-state index contributed by atoms with van der Waals surface area (Å²) >= 11 is 0. The molecule has 3 aromatic heterocycles. The van der Waals surface area contributed by atoms with Crippen molar-refractivity contribution in [3.8, 4) is 22.8 Å². The van der Waals surface area contributed by atoms with Gasteiger partial charge in [-0.2, -0.15) is 0 Å². The molecule has 0 unspecified atom stereocenters. The maximum atomic E-state index is 4.97. The fourth-order valence-electron chi connectivity index (χ4n) is 3.49. The van der Waals surface area contributed by atoms with Gasteiger partial charge in [0.15, 0.2) is 0 Å². The van der Waals surface area contributed by atoms with Crippen molar-refractivity contribution in [2.24, 2.45) is 0 Å². The fourth-order valence-corrected chi connectivity index (χ4v) is 3.49. The number of benzene rings is 2. The Hall–Kier alpha value is -4.31. The van der Waals surface area contributed by atoms with Crippen LogP contribution >= 0.6 is 0 Å². The Morgan fingerprint density at radius 1 is 0.419 bits per heavy atom. The lowest BCUT2D eigenvalue weighted by atomic mass is 10.2. The summed E-state index contributed by atoms with van der Waals surface area (Å²) in [5, 5.41) is 0. The van der Waals surface area contributed by atoms with Gasteiger partial charge in [0.1, 0.15) is 5.82 Å². The fraction of sp³-hybridized carbons (Fsp3) is 0. The highest BCUT2D eigenvalue weighted by molar-refractivity contribution is 5.75. The summed E-state index contributed by atoms with van der Waals surface area (Å²) in [4.78, 5) is 16.4. The van der Waals surface area contributed by atoms with Gasteiger partial charge in [0.25, 0.3) is 0 Å². The molecule has 0 fully saturated rings. The van der Waals surface area contributed by atoms with Crippen LogP contribution in [0, 0.1) is 0 Å². The molecule has 5 aromatic rings. The van der Waals surface area contributed by atoms with Gasteiger partial charge in [0.05, 0.1) is 22.8 Å². The zero-order valence-electron chi connectivity index (χ0n) is 16.8. The summed E-state index contributed by atoms with van der Waals surface area (Å²) in [5.74, 6) is 0.833. The third-order valence-corrected chi connectivity index (χ3v) is 4.93. The molecule has 0 aliphatic carbocycles. The van der Waals surface area contributed by atoms with E-state index in [1.54, 1.807) is 6.20 Å². The SMILES string of the molecule is c1ccc(N(c2ccccc2)c2cccc(-c3cccc(-c4ccccn4)n3)n2)cc1. The van der Waals surface area contributed by atoms with Crippen molar-refractivity contribution >= 4 is 17.2 Å². The van der Waals surface area contributed by atoms with Crippen molar-refractivity contribution < 1.29 is 0 Å². The quantitative estimate of drug-likeness (QED) is 0.330. The Kier molecular flexibility index (Phi) is 5.18. The van der Waals surface area contributed by atoms with Crippen LogP contribution in [0.1, 0.15) is 0 Å². The molecule has 0 saturated heterocycles. The topological polar surface area (TPSA) is 41.9 Å². The van der Waals surface area contributed by atoms with E-state index in [1.165, 1.54) is 0 Å². The number of hydrogen-bond donors (Lipinski definition) is 0. The van der Waals surface area contributed by atoms with Crippen molar-refractivity contribution in [1.82, 2.24) is 15.0 Å². The van der Waals surface area contributed by atoms with Crippen molar-refractivity contribution in [2.45, 2.75) is 0 Å². The maximum Gasteiger partial charge on any atom is 0.138 e. The summed E-state index contributed by atoms with van der Waals surface area (Å²) in [7, 11) is 0. The van der Waals surface area contributed by atoms with Crippen LogP contribution in [-0.2, 0) is 0 Å². The molecule has 2 aromatic carbocycles. The van der Waals surface area contributed by atoms with Crippen LogP contribution < -0.4 is 4.90 Å². The third kappa shape index (κ3) is 4.05. The zero-order chi connectivity index (χ0) is 20.9. The smallest absolute Gasteiger partial charge is 0.138 e. The summed E-state index contributed by atoms with van der Waals surface area (Å²) in [6.07, 6.45) is 1.78. The second-order valence-electron chi connectivity index (χ2n) is 7.01. The number of nitrogens with zero attached hydrogens (tertiary/aromatic N) is 4. The summed E-state index contributed by atoms with van der Waals surface area (Å²) < 4.78 is 0. The van der Waals surface area contributed by atoms with Crippen molar-refractivity contribution in [3.63, 3.8) is 0 Å². The number of aromatic nitrogens is 3. The van der Waals surface area contributed by atoms with Gasteiger partial charge in [-0.15, -0.1) is 0 Å². The van der Waals surface area contributed by atoms with Gasteiger partial charge in [-0.1, -0.05) is 54.6 Å². The molecule has 5 rings (SSSR count). The van der Waals surface area contributed by atoms with Crippen LogP contribution in [0.25, 0.3) is 22.8 Å². The van der Waals surface area contributed by atoms with E-state index in [0.717, 1.165) is 40.0 Å². The molecule has 0 aliphatic rings. The Morgan fingerprint density at radius 2 is 0.935 bits per heavy atom. The predicted octanol–water partition coefficient (Wildman–Crippen LogP) is 6.68. The van der Waals surface area contributed by atoms with Crippen molar-refractivity contribution in [1.29, 1.82) is 0 Å². The Labute approximate surface area is 181 Å². The Morgan fingerprint density at radius 3 is 1.55 bits per heavy atom. The summed E-state index contributed by atoms with van der Waals surface area (Å²) in [6.45, 7) is 0. The molecular weight excluding hydrogens is 380 g/mol. The van der Waals surface area contributed by atoms with E-state index in [-0.39, 0.29) is 0 Å². The Balaban J connectivity index is 1.58. The van der Waals surface area contributed by atoms with Crippen LogP contribution in [0.5, 0.6) is 0 Å². The summed E-state index contributed by atoms with van der Waals surface area (Å²) in [5.41, 5.74) is 5.39. The molecule has 4 heteroatoms. The molecule has 4 nitrogen and oxygen atoms in total. The average molecular weight is 400 g/mol. The number of para-hydroxylation sites is 2. The van der Waals surface area contributed by atoms with E-state index in [1.807, 2.05) is 91.0 Å². The van der Waals surface area contributed by atoms with Gasteiger partial charge in [-0.3, -0.25) is 9.88 Å². The van der Waals surface area contributed by atoms with Gasteiger partial charge in [0, 0.05) is 17.6 Å². The van der Waals surface area contributed by atoms with Gasteiger partial charge >= 0.3 is 0 Å². The first kappa shape index (κ1) is 18.7. The minimum atomic E-state index is 0.811. The molecule has 0 bridgehead atoms. The van der Waals surface area contributed by atoms with Crippen LogP contribution in [0.15, 0.2) is 121 Å². The number of pyridine rings is 3. The first-order valence-corrected chi connectivity index (χ1v) is 10.1. The first-order valence-electron chi connectivity index (χ1n) is 10.1. The molecule has 0 amide bonds. The van der Waals surface area contributed by atoms with Crippen molar-refractivity contribution in [2.75, 3.05) is 4.90 Å². The number of rotatable bonds is 5. The Bertz CT molecular complexity index is 1230. The molecule has 3 heterocycles. The molecule has 0 spiro atoms. The van der Waals surface area contributed by atoms with Crippen LogP contribution in [-0.4, -0.2) is 15.0 Å². The van der Waals surface area contributed by atoms with Crippen molar-refractivity contribution in [3.05, 3.63) is 121 Å². The normalized spacial score (nSPS) is 10.6. The molecule has 148 valence electrons. The van der Waals surface area contributed by atoms with E-state index in [9.17, 15) is 0 Å². The van der Waals surface area contributed by atoms with Gasteiger partial charge in [-0.05, 0) is 60.7 Å². The third-order valence-electron chi connectivity index (χ3n) is 4.93. The molecule has 31 heavy (non-hydrogen) atoms. The van der Waals surface area contributed by atoms with E-state index in [0.29, 0.717) is 0 Å². The second-order valence-corrected chi connectivity index (χ2v) is 7.01. The molecule has 0 saturated carbocycles. The standard InChI is InChI=1S/C27H20N4/c1-3-11-21(12-4-1)31(22-13-5-2-6-14-22)27-19-10-18-26(30-27)25-17-9-16-24(29-25)23-15-7-8-20-28-23/h1-20H. The molecule has 0 radical (unpaired) electrons. The van der Waals surface area contributed by atoms with Crippen LogP contribution in [0.2, 0.25) is 0 Å². The summed E-state index contributed by atoms with van der Waals surface area (Å²) in [6, 6.07) is 38.3. The van der Waals surface area contributed by atoms with E-state index < -0.39 is 0 Å². The zero-order valence-corrected chi connectivity index (χ0v) is 16.8. The largest absolute Gasteiger partial charge is 0.295 e. The van der Waals surface area contributed by atoms with E-state index in [4.69, 9.17) is 9.97 Å². The molecular formula is C27H20N4. The lowest BCUT2D eigenvalue weighted by Crippen LogP contribution is -2.11. The highest BCUT2D eigenvalue weighted by Crippen LogP contribution is 2.33. The highest BCUT2D eigenvalue weighted by atomic mass is 15.2. The highest BCUT2D eigenvalue weighted by Gasteiger charge is 2.14. The average Bonchev–Trinajstić information content (AvgIpc) is 2.86. The lowest BCUT2D eigenvalue weighted by molar-refractivity contribution is 1.16. The maximum absolute atomic E-state index is 4.97. The number of anilines is 3. The van der Waals surface area contributed by atoms with E-state index in [2.05, 4.69) is 34.1 Å². The van der Waals surface area contributed by atoms with Gasteiger partial charge in [-0.25, -0.2) is 9.97 Å². The minimum Gasteiger partial charge on any atom is -0.295 e. The van der Waals surface area contributed by atoms with Crippen LogP contribution in [0.3, 0.4) is 0 Å². The molecule has 0 atom stereocenters. The lowest BCUT2D eigenvalue weighted by Gasteiger charge is -2.24. The van der Waals surface area contributed by atoms with Gasteiger partial charge < -0.3 is 0 Å². The number of hydrogen-bond acceptors (Lipinski definition) is 4.